The summed E-state index contributed by atoms with van der Waals surface area (Å²) in [4.78, 5) is 24.3. The number of ether oxygens (including phenoxy) is 6. The summed E-state index contributed by atoms with van der Waals surface area (Å²) >= 11 is 0. The van der Waals surface area contributed by atoms with Crippen LogP contribution in [0.25, 0.3) is 0 Å². The van der Waals surface area contributed by atoms with Crippen LogP contribution in [-0.2, 0) is 19.0 Å². The molecule has 14 heteroatoms. The van der Waals surface area contributed by atoms with Crippen LogP contribution in [0, 0.1) is 0 Å². The van der Waals surface area contributed by atoms with E-state index in [1.54, 1.807) is 24.3 Å². The van der Waals surface area contributed by atoms with Gasteiger partial charge >= 0.3 is 5.97 Å². The largest absolute Gasteiger partial charge is 0.484 e. The molecule has 0 amide bonds. The van der Waals surface area contributed by atoms with Gasteiger partial charge < -0.3 is 59.1 Å². The predicted molar refractivity (Wildman–Crippen MR) is 138 cm³/mol. The third-order valence-electron chi connectivity index (χ3n) is 7.40. The minimum Gasteiger partial charge on any atom is -0.484 e. The average molecular weight is 593 g/mol. The molecule has 2 saturated heterocycles. The van der Waals surface area contributed by atoms with Crippen LogP contribution in [0.15, 0.2) is 42.5 Å². The highest BCUT2D eigenvalue weighted by atomic mass is 16.7. The van der Waals surface area contributed by atoms with E-state index >= 15 is 0 Å². The molecule has 0 spiro atoms. The summed E-state index contributed by atoms with van der Waals surface area (Å²) in [5.41, 5.74) is -0.704. The number of rotatable bonds is 8. The topological polar surface area (TPSA) is 211 Å². The highest BCUT2D eigenvalue weighted by Crippen LogP contribution is 2.39. The van der Waals surface area contributed by atoms with Crippen molar-refractivity contribution in [3.8, 4) is 17.2 Å². The average Bonchev–Trinajstić information content (AvgIpc) is 3.27. The van der Waals surface area contributed by atoms with Gasteiger partial charge in [0.15, 0.2) is 17.5 Å². The second-order valence-electron chi connectivity index (χ2n) is 10.3. The van der Waals surface area contributed by atoms with E-state index in [-0.39, 0.29) is 36.1 Å². The number of esters is 1. The Morgan fingerprint density at radius 1 is 0.952 bits per heavy atom. The van der Waals surface area contributed by atoms with Crippen molar-refractivity contribution in [2.45, 2.75) is 68.1 Å². The van der Waals surface area contributed by atoms with Gasteiger partial charge in [0, 0.05) is 13.0 Å². The van der Waals surface area contributed by atoms with Gasteiger partial charge in [-0.3, -0.25) is 9.59 Å². The van der Waals surface area contributed by atoms with Crippen molar-refractivity contribution in [2.24, 2.45) is 0 Å². The highest BCUT2D eigenvalue weighted by molar-refractivity contribution is 6.00. The van der Waals surface area contributed by atoms with Crippen molar-refractivity contribution in [1.82, 2.24) is 0 Å². The van der Waals surface area contributed by atoms with Crippen LogP contribution in [0.2, 0.25) is 0 Å². The molecule has 5 rings (SSSR count). The van der Waals surface area contributed by atoms with Gasteiger partial charge in [-0.1, -0.05) is 12.1 Å². The lowest BCUT2D eigenvalue weighted by atomic mass is 9.96. The molecule has 2 fully saturated rings. The van der Waals surface area contributed by atoms with E-state index < -0.39 is 74.0 Å². The second kappa shape index (κ2) is 12.1. The zero-order valence-electron chi connectivity index (χ0n) is 22.4. The molecule has 0 aliphatic carbocycles. The Labute approximate surface area is 239 Å². The van der Waals surface area contributed by atoms with Gasteiger partial charge in [0.25, 0.3) is 0 Å². The fourth-order valence-corrected chi connectivity index (χ4v) is 5.05. The first-order valence-electron chi connectivity index (χ1n) is 13.2. The molecular formula is C28H32O14. The van der Waals surface area contributed by atoms with Gasteiger partial charge in [0.05, 0.1) is 31.8 Å². The Morgan fingerprint density at radius 2 is 1.64 bits per heavy atom. The predicted octanol–water partition coefficient (Wildman–Crippen LogP) is -1.04. The van der Waals surface area contributed by atoms with E-state index in [4.69, 9.17) is 28.4 Å². The molecule has 6 N–H and O–H groups in total. The van der Waals surface area contributed by atoms with Gasteiger partial charge in [-0.25, -0.2) is 0 Å². The molecule has 9 atom stereocenters. The lowest BCUT2D eigenvalue weighted by molar-refractivity contribution is -0.277. The standard InChI is InChI=1S/C28H32O14/c1-13(31)42-28(11-30)12-37-27(25(28)36)39-16-6-7-17-18(32)9-19(40-20(17)8-16)14-2-4-15(5-3-14)38-26-24(35)23(34)22(33)21(10-29)41-26/h2-8,19,21-27,29-30,33-36H,9-12H2,1H3/t19-,21-,22-,23+,24-,25+,26-,27+,28-/m1/s1. The van der Waals surface area contributed by atoms with Gasteiger partial charge in [-0.15, -0.1) is 0 Å². The number of hydrogen-bond donors (Lipinski definition) is 6. The Morgan fingerprint density at radius 3 is 2.31 bits per heavy atom. The summed E-state index contributed by atoms with van der Waals surface area (Å²) in [6, 6.07) is 10.9. The zero-order chi connectivity index (χ0) is 30.2. The van der Waals surface area contributed by atoms with Gasteiger partial charge in [-0.2, -0.15) is 0 Å². The molecule has 2 aromatic rings. The molecule has 228 valence electrons. The number of hydrogen-bond acceptors (Lipinski definition) is 14. The van der Waals surface area contributed by atoms with Crippen molar-refractivity contribution < 1.29 is 68.6 Å². The number of carbonyl (C=O) groups is 2. The Balaban J connectivity index is 1.25. The first-order valence-corrected chi connectivity index (χ1v) is 13.2. The van der Waals surface area contributed by atoms with Crippen LogP contribution in [-0.4, -0.2) is 111 Å². The summed E-state index contributed by atoms with van der Waals surface area (Å²) in [6.45, 7) is -0.402. The summed E-state index contributed by atoms with van der Waals surface area (Å²) in [5, 5.41) is 59.8. The molecular weight excluding hydrogens is 560 g/mol. The highest BCUT2D eigenvalue weighted by Gasteiger charge is 2.53. The molecule has 3 heterocycles. The number of Topliss-reactive ketones (excluding diaryl/α,β-unsaturated/α-hetero) is 1. The fourth-order valence-electron chi connectivity index (χ4n) is 5.05. The maximum absolute atomic E-state index is 12.9. The van der Waals surface area contributed by atoms with Gasteiger partial charge in [-0.05, 0) is 29.8 Å². The summed E-state index contributed by atoms with van der Waals surface area (Å²) in [6.07, 6.45) is -10.5. The van der Waals surface area contributed by atoms with Crippen molar-refractivity contribution >= 4 is 11.8 Å². The van der Waals surface area contributed by atoms with Crippen LogP contribution in [0.5, 0.6) is 17.2 Å². The van der Waals surface area contributed by atoms with Gasteiger partial charge in [0.1, 0.15) is 47.8 Å². The molecule has 0 bridgehead atoms. The summed E-state index contributed by atoms with van der Waals surface area (Å²) in [5.74, 6) is -0.195. The lowest BCUT2D eigenvalue weighted by Crippen LogP contribution is -2.60. The van der Waals surface area contributed by atoms with Crippen LogP contribution < -0.4 is 14.2 Å². The quantitative estimate of drug-likeness (QED) is 0.202. The lowest BCUT2D eigenvalue weighted by Gasteiger charge is -2.39. The normalized spacial score (nSPS) is 34.3. The van der Waals surface area contributed by atoms with Gasteiger partial charge in [0.2, 0.25) is 12.6 Å². The number of fused-ring (bicyclic) bond motifs is 1. The number of aliphatic hydroxyl groups excluding tert-OH is 6. The van der Waals surface area contributed by atoms with E-state index in [0.717, 1.165) is 6.92 Å². The number of carbonyl (C=O) groups excluding carboxylic acids is 2. The molecule has 0 radical (unpaired) electrons. The SMILES string of the molecule is CC(=O)O[C@]1(CO)CO[C@@H](Oc2ccc3c(c2)O[C@@H](c2ccc(O[C@@H]4O[C@H](CO)[C@@H](O)[C@H](O)[C@H]4O)cc2)CC3=O)[C@@H]1O. The minimum absolute atomic E-state index is 0.0476. The molecule has 0 saturated carbocycles. The van der Waals surface area contributed by atoms with E-state index in [1.807, 2.05) is 0 Å². The van der Waals surface area contributed by atoms with Crippen LogP contribution >= 0.6 is 0 Å². The Bertz CT molecular complexity index is 1280. The minimum atomic E-state index is -1.67. The van der Waals surface area contributed by atoms with Crippen LogP contribution in [0.3, 0.4) is 0 Å². The molecule has 0 aromatic heterocycles. The smallest absolute Gasteiger partial charge is 0.303 e. The maximum atomic E-state index is 12.9. The molecule has 3 aliphatic rings. The molecule has 2 aromatic carbocycles. The summed E-state index contributed by atoms with van der Waals surface area (Å²) in [7, 11) is 0. The second-order valence-corrected chi connectivity index (χ2v) is 10.3. The number of aliphatic hydroxyl groups is 6. The molecule has 14 nitrogen and oxygen atoms in total. The maximum Gasteiger partial charge on any atom is 0.303 e. The van der Waals surface area contributed by atoms with E-state index in [9.17, 15) is 40.2 Å². The van der Waals surface area contributed by atoms with E-state index in [2.05, 4.69) is 0 Å². The van der Waals surface area contributed by atoms with Crippen molar-refractivity contribution in [3.05, 3.63) is 53.6 Å². The summed E-state index contributed by atoms with van der Waals surface area (Å²) < 4.78 is 33.3. The number of ketones is 1. The third-order valence-corrected chi connectivity index (χ3v) is 7.40. The van der Waals surface area contributed by atoms with E-state index in [0.29, 0.717) is 11.1 Å². The van der Waals surface area contributed by atoms with Crippen LogP contribution in [0.1, 0.15) is 35.4 Å². The fraction of sp³-hybridized carbons (Fsp3) is 0.500. The Hall–Kier alpha value is -3.34. The first kappa shape index (κ1) is 30.1. The molecule has 3 aliphatic heterocycles. The zero-order valence-corrected chi connectivity index (χ0v) is 22.4. The molecule has 42 heavy (non-hydrogen) atoms. The van der Waals surface area contributed by atoms with Crippen molar-refractivity contribution in [1.29, 1.82) is 0 Å². The number of benzene rings is 2. The first-order chi connectivity index (χ1) is 20.0. The van der Waals surface area contributed by atoms with Crippen molar-refractivity contribution in [2.75, 3.05) is 19.8 Å². The Kier molecular flexibility index (Phi) is 8.68. The van der Waals surface area contributed by atoms with E-state index in [1.165, 1.54) is 18.2 Å². The monoisotopic (exact) mass is 592 g/mol. The van der Waals surface area contributed by atoms with Crippen LogP contribution in [0.4, 0.5) is 0 Å². The molecule has 0 unspecified atom stereocenters. The third kappa shape index (κ3) is 5.80. The van der Waals surface area contributed by atoms with Crippen molar-refractivity contribution in [3.63, 3.8) is 0 Å².